The molecule has 1 aromatic heterocycles. The maximum atomic E-state index is 13.0. The van der Waals surface area contributed by atoms with Gasteiger partial charge in [-0.2, -0.15) is 0 Å². The van der Waals surface area contributed by atoms with Crippen molar-refractivity contribution in [2.45, 2.75) is 24.8 Å². The fraction of sp³-hybridized carbons (Fsp3) is 0.150. The molecule has 3 aromatic rings. The molecule has 3 rings (SSSR count). The van der Waals surface area contributed by atoms with Crippen LogP contribution in [0.2, 0.25) is 0 Å². The normalized spacial score (nSPS) is 10.7. The summed E-state index contributed by atoms with van der Waals surface area (Å²) in [5.74, 6) is 0.00485. The first-order valence-corrected chi connectivity index (χ1v) is 9.98. The average Bonchev–Trinajstić information content (AvgIpc) is 2.65. The fourth-order valence-corrected chi connectivity index (χ4v) is 3.46. The summed E-state index contributed by atoms with van der Waals surface area (Å²) in [4.78, 5) is 21.2. The fourth-order valence-electron chi connectivity index (χ4n) is 2.32. The molecule has 0 aliphatic heterocycles. The van der Waals surface area contributed by atoms with Crippen LogP contribution in [0.3, 0.4) is 0 Å². The minimum atomic E-state index is -0.309. The number of carbonyl (C=O) groups excluding carboxylic acids is 1. The zero-order chi connectivity index (χ0) is 19.4. The van der Waals surface area contributed by atoms with Crippen LogP contribution >= 0.6 is 27.7 Å². The summed E-state index contributed by atoms with van der Waals surface area (Å²) in [5, 5.41) is 3.34. The van der Waals surface area contributed by atoms with E-state index in [2.05, 4.69) is 31.2 Å². The lowest BCUT2D eigenvalue weighted by Crippen LogP contribution is -2.15. The molecule has 0 aliphatic rings. The molecule has 0 aliphatic carbocycles. The first-order valence-electron chi connectivity index (χ1n) is 8.21. The van der Waals surface area contributed by atoms with Crippen molar-refractivity contribution in [1.29, 1.82) is 0 Å². The van der Waals surface area contributed by atoms with Gasteiger partial charge in [0, 0.05) is 17.6 Å². The van der Waals surface area contributed by atoms with E-state index in [1.54, 1.807) is 18.3 Å². The lowest BCUT2D eigenvalue weighted by Gasteiger charge is -2.09. The Hall–Kier alpha value is -2.25. The molecule has 0 radical (unpaired) electrons. The molecule has 0 unspecified atom stereocenters. The van der Waals surface area contributed by atoms with Crippen LogP contribution < -0.4 is 5.32 Å². The highest BCUT2D eigenvalue weighted by Crippen LogP contribution is 2.23. The number of aryl methyl sites for hydroxylation is 2. The third-order valence-corrected chi connectivity index (χ3v) is 5.50. The van der Waals surface area contributed by atoms with E-state index in [-0.39, 0.29) is 17.4 Å². The number of benzene rings is 2. The molecule has 0 bridgehead atoms. The number of rotatable bonds is 5. The molecule has 0 atom stereocenters. The summed E-state index contributed by atoms with van der Waals surface area (Å²) >= 11 is 4.72. The first kappa shape index (κ1) is 19.5. The van der Waals surface area contributed by atoms with Gasteiger partial charge in [0.25, 0.3) is 5.91 Å². The smallest absolute Gasteiger partial charge is 0.275 e. The lowest BCUT2D eigenvalue weighted by molar-refractivity contribution is 0.102. The summed E-state index contributed by atoms with van der Waals surface area (Å²) in [6.07, 6.45) is 1.56. The molecule has 4 nitrogen and oxygen atoms in total. The van der Waals surface area contributed by atoms with Gasteiger partial charge in [0.05, 0.1) is 4.47 Å². The Bertz CT molecular complexity index is 979. The second kappa shape index (κ2) is 8.63. The highest BCUT2D eigenvalue weighted by Gasteiger charge is 2.15. The number of aromatic nitrogens is 2. The molecular formula is C20H17BrFN3OS. The van der Waals surface area contributed by atoms with E-state index in [1.807, 2.05) is 32.0 Å². The second-order valence-corrected chi connectivity index (χ2v) is 7.81. The van der Waals surface area contributed by atoms with Gasteiger partial charge < -0.3 is 5.32 Å². The zero-order valence-electron chi connectivity index (χ0n) is 14.8. The largest absolute Gasteiger partial charge is 0.321 e. The van der Waals surface area contributed by atoms with Crippen LogP contribution in [0.4, 0.5) is 10.1 Å². The number of amides is 1. The van der Waals surface area contributed by atoms with Crippen molar-refractivity contribution in [3.05, 3.63) is 81.3 Å². The second-order valence-electron chi connectivity index (χ2n) is 6.02. The number of anilines is 1. The van der Waals surface area contributed by atoms with Crippen LogP contribution in [0, 0.1) is 19.7 Å². The number of carbonyl (C=O) groups is 1. The number of nitrogens with zero attached hydrogens (tertiary/aromatic N) is 2. The molecule has 1 heterocycles. The Morgan fingerprint density at radius 1 is 1.15 bits per heavy atom. The van der Waals surface area contributed by atoms with Gasteiger partial charge in [-0.3, -0.25) is 4.79 Å². The van der Waals surface area contributed by atoms with Gasteiger partial charge in [0.1, 0.15) is 11.5 Å². The lowest BCUT2D eigenvalue weighted by atomic mass is 10.1. The molecule has 138 valence electrons. The Kier molecular flexibility index (Phi) is 6.23. The summed E-state index contributed by atoms with van der Waals surface area (Å²) in [7, 11) is 0. The number of hydrogen-bond donors (Lipinski definition) is 1. The van der Waals surface area contributed by atoms with Crippen molar-refractivity contribution < 1.29 is 9.18 Å². The van der Waals surface area contributed by atoms with E-state index in [1.165, 1.54) is 23.9 Å². The molecule has 0 fully saturated rings. The standard InChI is InChI=1S/C20H17BrFN3OS/c1-12-3-8-16(9-13(12)2)24-19(26)18-17(21)10-23-20(25-18)27-11-14-4-6-15(22)7-5-14/h3-10H,11H2,1-2H3,(H,24,26). The number of thioether (sulfide) groups is 1. The van der Waals surface area contributed by atoms with Crippen molar-refractivity contribution in [3.8, 4) is 0 Å². The molecule has 0 saturated carbocycles. The maximum Gasteiger partial charge on any atom is 0.275 e. The summed E-state index contributed by atoms with van der Waals surface area (Å²) in [5.41, 5.74) is 4.20. The van der Waals surface area contributed by atoms with Gasteiger partial charge in [-0.05, 0) is 70.7 Å². The highest BCUT2D eigenvalue weighted by atomic mass is 79.9. The van der Waals surface area contributed by atoms with Crippen LogP contribution in [0.5, 0.6) is 0 Å². The monoisotopic (exact) mass is 445 g/mol. The number of halogens is 2. The molecule has 2 aromatic carbocycles. The number of nitrogens with one attached hydrogen (secondary N) is 1. The van der Waals surface area contributed by atoms with Gasteiger partial charge in [-0.1, -0.05) is 30.0 Å². The molecule has 1 N–H and O–H groups in total. The third-order valence-electron chi connectivity index (χ3n) is 3.98. The van der Waals surface area contributed by atoms with Crippen molar-refractivity contribution in [2.24, 2.45) is 0 Å². The summed E-state index contributed by atoms with van der Waals surface area (Å²) < 4.78 is 13.5. The predicted octanol–water partition coefficient (Wildman–Crippen LogP) is 5.54. The maximum absolute atomic E-state index is 13.0. The third kappa shape index (κ3) is 5.14. The molecule has 0 saturated heterocycles. The summed E-state index contributed by atoms with van der Waals surface area (Å²) in [6.45, 7) is 4.02. The van der Waals surface area contributed by atoms with E-state index in [0.29, 0.717) is 21.1 Å². The summed E-state index contributed by atoms with van der Waals surface area (Å²) in [6, 6.07) is 12.0. The minimum Gasteiger partial charge on any atom is -0.321 e. The van der Waals surface area contributed by atoms with Gasteiger partial charge in [0.15, 0.2) is 5.16 Å². The van der Waals surface area contributed by atoms with Crippen LogP contribution in [-0.4, -0.2) is 15.9 Å². The van der Waals surface area contributed by atoms with Gasteiger partial charge in [0.2, 0.25) is 0 Å². The Morgan fingerprint density at radius 3 is 2.59 bits per heavy atom. The first-order chi connectivity index (χ1) is 12.9. The predicted molar refractivity (Wildman–Crippen MR) is 110 cm³/mol. The molecular weight excluding hydrogens is 429 g/mol. The van der Waals surface area contributed by atoms with Gasteiger partial charge in [-0.25, -0.2) is 14.4 Å². The van der Waals surface area contributed by atoms with E-state index in [4.69, 9.17) is 0 Å². The van der Waals surface area contributed by atoms with Crippen molar-refractivity contribution >= 4 is 39.3 Å². The zero-order valence-corrected chi connectivity index (χ0v) is 17.2. The quantitative estimate of drug-likeness (QED) is 0.413. The minimum absolute atomic E-state index is 0.268. The molecule has 7 heteroatoms. The Labute approximate surface area is 169 Å². The van der Waals surface area contributed by atoms with Gasteiger partial charge >= 0.3 is 0 Å². The van der Waals surface area contributed by atoms with Crippen LogP contribution in [-0.2, 0) is 5.75 Å². The van der Waals surface area contributed by atoms with Crippen molar-refractivity contribution in [2.75, 3.05) is 5.32 Å². The van der Waals surface area contributed by atoms with Crippen LogP contribution in [0.15, 0.2) is 58.3 Å². The molecule has 1 amide bonds. The van der Waals surface area contributed by atoms with E-state index in [0.717, 1.165) is 16.7 Å². The van der Waals surface area contributed by atoms with Crippen molar-refractivity contribution in [3.63, 3.8) is 0 Å². The Balaban J connectivity index is 1.72. The Morgan fingerprint density at radius 2 is 1.89 bits per heavy atom. The van der Waals surface area contributed by atoms with Crippen molar-refractivity contribution in [1.82, 2.24) is 9.97 Å². The number of hydrogen-bond acceptors (Lipinski definition) is 4. The van der Waals surface area contributed by atoms with E-state index >= 15 is 0 Å². The molecule has 0 spiro atoms. The topological polar surface area (TPSA) is 54.9 Å². The van der Waals surface area contributed by atoms with Gasteiger partial charge in [-0.15, -0.1) is 0 Å². The SMILES string of the molecule is Cc1ccc(NC(=O)c2nc(SCc3ccc(F)cc3)ncc2Br)cc1C. The highest BCUT2D eigenvalue weighted by molar-refractivity contribution is 9.10. The van der Waals surface area contributed by atoms with E-state index in [9.17, 15) is 9.18 Å². The van der Waals surface area contributed by atoms with Crippen LogP contribution in [0.25, 0.3) is 0 Å². The van der Waals surface area contributed by atoms with E-state index < -0.39 is 0 Å². The average molecular weight is 446 g/mol. The van der Waals surface area contributed by atoms with Crippen LogP contribution in [0.1, 0.15) is 27.2 Å². The molecule has 27 heavy (non-hydrogen) atoms.